The van der Waals surface area contributed by atoms with Crippen molar-refractivity contribution in [2.24, 2.45) is 0 Å². The predicted molar refractivity (Wildman–Crippen MR) is 137 cm³/mol. The maximum atomic E-state index is 13.6. The second-order valence-corrected chi connectivity index (χ2v) is 9.42. The number of amides is 2. The van der Waals surface area contributed by atoms with Crippen LogP contribution in [-0.2, 0) is 22.6 Å². The zero-order valence-electron chi connectivity index (χ0n) is 20.9. The Morgan fingerprint density at radius 2 is 1.46 bits per heavy atom. The second-order valence-electron chi connectivity index (χ2n) is 9.42. The summed E-state index contributed by atoms with van der Waals surface area (Å²) >= 11 is 0. The number of rotatable bonds is 10. The third-order valence-electron chi connectivity index (χ3n) is 5.36. The average molecular weight is 475 g/mol. The van der Waals surface area contributed by atoms with E-state index in [9.17, 15) is 9.59 Å². The van der Waals surface area contributed by atoms with E-state index in [1.165, 1.54) is 0 Å². The molecule has 2 amide bonds. The summed E-state index contributed by atoms with van der Waals surface area (Å²) in [5.74, 6) is 0.800. The number of para-hydroxylation sites is 1. The molecule has 1 atom stereocenters. The number of hydrogen-bond donors (Lipinski definition) is 1. The Morgan fingerprint density at radius 1 is 0.857 bits per heavy atom. The summed E-state index contributed by atoms with van der Waals surface area (Å²) in [6.07, 6.45) is 0.379. The number of hydrogen-bond acceptors (Lipinski definition) is 4. The van der Waals surface area contributed by atoms with Crippen molar-refractivity contribution in [2.45, 2.75) is 45.3 Å². The molecule has 0 radical (unpaired) electrons. The minimum absolute atomic E-state index is 0.179. The summed E-state index contributed by atoms with van der Waals surface area (Å²) in [6.45, 7) is 5.84. The van der Waals surface area contributed by atoms with Gasteiger partial charge in [-0.15, -0.1) is 0 Å². The Hall–Kier alpha value is -3.80. The molecule has 0 aliphatic carbocycles. The van der Waals surface area contributed by atoms with Crippen LogP contribution in [0.2, 0.25) is 0 Å². The fourth-order valence-electron chi connectivity index (χ4n) is 3.72. The molecular formula is C29H34N2O4. The van der Waals surface area contributed by atoms with Crippen LogP contribution in [0.5, 0.6) is 11.5 Å². The SMILES string of the molecule is COc1cccc(CN(C(=O)COc2ccccc2)[C@@H](Cc2ccccc2)C(=O)NC(C)(C)C)c1. The first-order valence-corrected chi connectivity index (χ1v) is 11.7. The number of methoxy groups -OCH3 is 1. The monoisotopic (exact) mass is 474 g/mol. The third-order valence-corrected chi connectivity index (χ3v) is 5.36. The standard InChI is InChI=1S/C29H34N2O4/c1-29(2,3)30-28(33)26(19-22-12-7-5-8-13-22)31(20-23-14-11-17-25(18-23)34-4)27(32)21-35-24-15-9-6-10-16-24/h5-18,26H,19-21H2,1-4H3,(H,30,33)/t26-/m0/s1. The van der Waals surface area contributed by atoms with Crippen LogP contribution in [-0.4, -0.2) is 42.0 Å². The zero-order chi connectivity index (χ0) is 25.3. The van der Waals surface area contributed by atoms with Crippen molar-refractivity contribution >= 4 is 11.8 Å². The summed E-state index contributed by atoms with van der Waals surface area (Å²) in [6, 6.07) is 25.7. The molecule has 184 valence electrons. The summed E-state index contributed by atoms with van der Waals surface area (Å²) in [5, 5.41) is 3.06. The maximum Gasteiger partial charge on any atom is 0.261 e. The summed E-state index contributed by atoms with van der Waals surface area (Å²) in [7, 11) is 1.60. The lowest BCUT2D eigenvalue weighted by atomic mass is 10.0. The Morgan fingerprint density at radius 3 is 2.09 bits per heavy atom. The Bertz CT molecular complexity index is 1090. The van der Waals surface area contributed by atoms with E-state index in [0.29, 0.717) is 17.9 Å². The fourth-order valence-corrected chi connectivity index (χ4v) is 3.72. The summed E-state index contributed by atoms with van der Waals surface area (Å²) in [5.41, 5.74) is 1.38. The first-order valence-electron chi connectivity index (χ1n) is 11.7. The quantitative estimate of drug-likeness (QED) is 0.465. The largest absolute Gasteiger partial charge is 0.497 e. The molecule has 0 heterocycles. The highest BCUT2D eigenvalue weighted by atomic mass is 16.5. The molecule has 0 aliphatic heterocycles. The highest BCUT2D eigenvalue weighted by Gasteiger charge is 2.32. The van der Waals surface area contributed by atoms with E-state index in [1.807, 2.05) is 93.6 Å². The van der Waals surface area contributed by atoms with E-state index in [-0.39, 0.29) is 25.0 Å². The molecule has 0 unspecified atom stereocenters. The van der Waals surface area contributed by atoms with Gasteiger partial charge in [-0.3, -0.25) is 9.59 Å². The van der Waals surface area contributed by atoms with Crippen molar-refractivity contribution in [3.05, 3.63) is 96.1 Å². The Balaban J connectivity index is 1.94. The molecule has 1 N–H and O–H groups in total. The van der Waals surface area contributed by atoms with E-state index in [0.717, 1.165) is 11.1 Å². The molecule has 0 fully saturated rings. The van der Waals surface area contributed by atoms with E-state index < -0.39 is 11.6 Å². The number of benzene rings is 3. The molecule has 6 nitrogen and oxygen atoms in total. The van der Waals surface area contributed by atoms with Gasteiger partial charge in [0.05, 0.1) is 7.11 Å². The van der Waals surface area contributed by atoms with E-state index in [2.05, 4.69) is 5.32 Å². The van der Waals surface area contributed by atoms with Gasteiger partial charge >= 0.3 is 0 Å². The van der Waals surface area contributed by atoms with Gasteiger partial charge < -0.3 is 19.7 Å². The zero-order valence-corrected chi connectivity index (χ0v) is 20.9. The fraction of sp³-hybridized carbons (Fsp3) is 0.310. The Labute approximate surface area is 207 Å². The van der Waals surface area contributed by atoms with Gasteiger partial charge in [-0.25, -0.2) is 0 Å². The van der Waals surface area contributed by atoms with Crippen LogP contribution < -0.4 is 14.8 Å². The first-order chi connectivity index (χ1) is 16.7. The molecule has 0 bridgehead atoms. The van der Waals surface area contributed by atoms with Gasteiger partial charge in [-0.1, -0.05) is 60.7 Å². The highest BCUT2D eigenvalue weighted by molar-refractivity contribution is 5.89. The minimum Gasteiger partial charge on any atom is -0.497 e. The Kier molecular flexibility index (Phi) is 8.90. The van der Waals surface area contributed by atoms with Crippen molar-refractivity contribution in [1.82, 2.24) is 10.2 Å². The number of nitrogens with zero attached hydrogens (tertiary/aromatic N) is 1. The van der Waals surface area contributed by atoms with Gasteiger partial charge in [0.25, 0.3) is 5.91 Å². The van der Waals surface area contributed by atoms with E-state index in [4.69, 9.17) is 9.47 Å². The molecule has 3 rings (SSSR count). The number of ether oxygens (including phenoxy) is 2. The summed E-state index contributed by atoms with van der Waals surface area (Å²) < 4.78 is 11.1. The van der Waals surface area contributed by atoms with Crippen molar-refractivity contribution in [1.29, 1.82) is 0 Å². The highest BCUT2D eigenvalue weighted by Crippen LogP contribution is 2.19. The van der Waals surface area contributed by atoms with Gasteiger partial charge in [0, 0.05) is 18.5 Å². The number of carbonyl (C=O) groups excluding carboxylic acids is 2. The molecule has 0 aromatic heterocycles. The van der Waals surface area contributed by atoms with Crippen LogP contribution in [0.4, 0.5) is 0 Å². The van der Waals surface area contributed by atoms with Crippen molar-refractivity contribution < 1.29 is 19.1 Å². The molecule has 3 aromatic carbocycles. The molecule has 0 saturated heterocycles. The van der Waals surface area contributed by atoms with Crippen molar-refractivity contribution in [3.63, 3.8) is 0 Å². The lowest BCUT2D eigenvalue weighted by molar-refractivity contribution is -0.143. The third kappa shape index (κ3) is 8.18. The smallest absolute Gasteiger partial charge is 0.261 e. The molecule has 0 saturated carbocycles. The van der Waals surface area contributed by atoms with Gasteiger partial charge in [-0.05, 0) is 56.2 Å². The molecule has 35 heavy (non-hydrogen) atoms. The molecule has 0 aliphatic rings. The maximum absolute atomic E-state index is 13.6. The summed E-state index contributed by atoms with van der Waals surface area (Å²) in [4.78, 5) is 28.7. The van der Waals surface area contributed by atoms with Crippen molar-refractivity contribution in [2.75, 3.05) is 13.7 Å². The van der Waals surface area contributed by atoms with Gasteiger partial charge in [0.15, 0.2) is 6.61 Å². The lowest BCUT2D eigenvalue weighted by Gasteiger charge is -2.33. The molecule has 3 aromatic rings. The van der Waals surface area contributed by atoms with Crippen LogP contribution in [0.1, 0.15) is 31.9 Å². The van der Waals surface area contributed by atoms with Crippen molar-refractivity contribution in [3.8, 4) is 11.5 Å². The van der Waals surface area contributed by atoms with Gasteiger partial charge in [0.1, 0.15) is 17.5 Å². The average Bonchev–Trinajstić information content (AvgIpc) is 2.85. The lowest BCUT2D eigenvalue weighted by Crippen LogP contribution is -2.55. The predicted octanol–water partition coefficient (Wildman–Crippen LogP) is 4.63. The van der Waals surface area contributed by atoms with Crippen LogP contribution >= 0.6 is 0 Å². The number of carbonyl (C=O) groups is 2. The van der Waals surface area contributed by atoms with Crippen LogP contribution in [0.25, 0.3) is 0 Å². The minimum atomic E-state index is -0.727. The van der Waals surface area contributed by atoms with Crippen LogP contribution in [0.15, 0.2) is 84.9 Å². The van der Waals surface area contributed by atoms with Crippen LogP contribution in [0.3, 0.4) is 0 Å². The number of nitrogens with one attached hydrogen (secondary N) is 1. The normalized spacial score (nSPS) is 11.9. The second kappa shape index (κ2) is 12.1. The van der Waals surface area contributed by atoms with Crippen LogP contribution in [0, 0.1) is 0 Å². The molecule has 0 spiro atoms. The molecule has 6 heteroatoms. The first kappa shape index (κ1) is 25.8. The van der Waals surface area contributed by atoms with E-state index in [1.54, 1.807) is 24.1 Å². The topological polar surface area (TPSA) is 67.9 Å². The van der Waals surface area contributed by atoms with Gasteiger partial charge in [-0.2, -0.15) is 0 Å². The van der Waals surface area contributed by atoms with Gasteiger partial charge in [0.2, 0.25) is 5.91 Å². The van der Waals surface area contributed by atoms with E-state index >= 15 is 0 Å². The molecular weight excluding hydrogens is 440 g/mol.